The fourth-order valence-electron chi connectivity index (χ4n) is 4.34. The van der Waals surface area contributed by atoms with Gasteiger partial charge in [-0.25, -0.2) is 13.1 Å². The van der Waals surface area contributed by atoms with Gasteiger partial charge in [-0.2, -0.15) is 0 Å². The van der Waals surface area contributed by atoms with Gasteiger partial charge in [-0.05, 0) is 72.9 Å². The van der Waals surface area contributed by atoms with Gasteiger partial charge in [0.25, 0.3) is 0 Å². The van der Waals surface area contributed by atoms with Gasteiger partial charge in [-0.15, -0.1) is 0 Å². The molecule has 2 aromatic carbocycles. The number of benzene rings is 2. The molecule has 0 saturated heterocycles. The molecule has 0 aliphatic heterocycles. The summed E-state index contributed by atoms with van der Waals surface area (Å²) in [5.74, 6) is 0.722. The zero-order valence-electron chi connectivity index (χ0n) is 18.7. The summed E-state index contributed by atoms with van der Waals surface area (Å²) in [5, 5.41) is 0.504. The zero-order chi connectivity index (χ0) is 23.1. The van der Waals surface area contributed by atoms with E-state index >= 15 is 0 Å². The van der Waals surface area contributed by atoms with Crippen molar-refractivity contribution < 1.29 is 17.9 Å². The highest BCUT2D eigenvalue weighted by Gasteiger charge is 2.31. The van der Waals surface area contributed by atoms with Crippen molar-refractivity contribution in [2.75, 3.05) is 7.11 Å². The predicted octanol–water partition coefficient (Wildman–Crippen LogP) is 5.68. The fourth-order valence-corrected chi connectivity index (χ4v) is 5.75. The summed E-state index contributed by atoms with van der Waals surface area (Å²) in [6, 6.07) is 14.1. The fraction of sp³-hybridized carbons (Fsp3) is 0.480. The quantitative estimate of drug-likeness (QED) is 0.471. The van der Waals surface area contributed by atoms with Crippen molar-refractivity contribution in [2.45, 2.75) is 62.8 Å². The normalized spacial score (nSPS) is 20.0. The number of carbonyl (C=O) groups excluding carboxylic acids is 1. The molecule has 2 aromatic rings. The van der Waals surface area contributed by atoms with Gasteiger partial charge >= 0.3 is 5.97 Å². The van der Waals surface area contributed by atoms with Crippen molar-refractivity contribution in [3.05, 3.63) is 64.7 Å². The minimum absolute atomic E-state index is 0.204. The third kappa shape index (κ3) is 6.80. The van der Waals surface area contributed by atoms with E-state index in [-0.39, 0.29) is 22.8 Å². The molecule has 1 atom stereocenters. The van der Waals surface area contributed by atoms with Crippen LogP contribution in [0.5, 0.6) is 0 Å². The van der Waals surface area contributed by atoms with Gasteiger partial charge < -0.3 is 4.74 Å². The Bertz CT molecular complexity index is 982. The van der Waals surface area contributed by atoms with Crippen molar-refractivity contribution in [1.29, 1.82) is 0 Å². The molecular formula is C25H32ClNO4S. The summed E-state index contributed by atoms with van der Waals surface area (Å²) in [7, 11) is -2.29. The minimum atomic E-state index is -3.68. The lowest BCUT2D eigenvalue weighted by molar-refractivity contribution is -0.140. The monoisotopic (exact) mass is 477 g/mol. The van der Waals surface area contributed by atoms with E-state index in [0.717, 1.165) is 49.7 Å². The Morgan fingerprint density at radius 1 is 1.06 bits per heavy atom. The van der Waals surface area contributed by atoms with E-state index in [2.05, 4.69) is 11.6 Å². The molecule has 0 amide bonds. The number of carbonyl (C=O) groups is 1. The van der Waals surface area contributed by atoms with Crippen LogP contribution in [-0.4, -0.2) is 21.5 Å². The van der Waals surface area contributed by atoms with Crippen LogP contribution in [0.1, 0.15) is 62.6 Å². The maximum Gasteiger partial charge on any atom is 0.305 e. The molecular weight excluding hydrogens is 446 g/mol. The van der Waals surface area contributed by atoms with E-state index in [1.54, 1.807) is 12.1 Å². The van der Waals surface area contributed by atoms with Crippen molar-refractivity contribution in [3.63, 3.8) is 0 Å². The second-order valence-corrected chi connectivity index (χ2v) is 10.9. The molecule has 7 heteroatoms. The Labute approximate surface area is 196 Å². The number of nitrogens with one attached hydrogen (secondary N) is 1. The standard InChI is InChI=1S/C25H32ClNO4S/c1-18-6-10-20(11-7-18)25(27-32(29,30)23-16-14-22(26)15-17-23)21-12-8-19(9-13-21)4-3-5-24(28)31-2/h8-9,12-18,20,25,27H,3-7,10-11H2,1-2H3/t18-,20-,25?. The molecule has 174 valence electrons. The van der Waals surface area contributed by atoms with Crippen molar-refractivity contribution >= 4 is 27.6 Å². The smallest absolute Gasteiger partial charge is 0.305 e. The van der Waals surface area contributed by atoms with Gasteiger partial charge in [0.2, 0.25) is 10.0 Å². The van der Waals surface area contributed by atoms with Crippen LogP contribution < -0.4 is 4.72 Å². The SMILES string of the molecule is COC(=O)CCCc1ccc(C(NS(=O)(=O)c2ccc(Cl)cc2)[C@H]2CC[C@H](C)CC2)cc1. The topological polar surface area (TPSA) is 72.5 Å². The summed E-state index contributed by atoms with van der Waals surface area (Å²) in [6.07, 6.45) is 6.09. The number of rotatable bonds is 9. The van der Waals surface area contributed by atoms with Crippen LogP contribution in [0.25, 0.3) is 0 Å². The van der Waals surface area contributed by atoms with Gasteiger partial charge in [0.15, 0.2) is 0 Å². The summed E-state index contributed by atoms with van der Waals surface area (Å²) >= 11 is 5.93. The highest BCUT2D eigenvalue weighted by atomic mass is 35.5. The first-order chi connectivity index (χ1) is 15.3. The van der Waals surface area contributed by atoms with E-state index in [1.807, 2.05) is 24.3 Å². The lowest BCUT2D eigenvalue weighted by Gasteiger charge is -2.33. The van der Waals surface area contributed by atoms with Crippen molar-refractivity contribution in [3.8, 4) is 0 Å². The summed E-state index contributed by atoms with van der Waals surface area (Å²) < 4.78 is 33.9. The lowest BCUT2D eigenvalue weighted by Crippen LogP contribution is -2.35. The Morgan fingerprint density at radius 3 is 2.28 bits per heavy atom. The molecule has 1 unspecified atom stereocenters. The Balaban J connectivity index is 1.78. The summed E-state index contributed by atoms with van der Waals surface area (Å²) in [6.45, 7) is 2.26. The van der Waals surface area contributed by atoms with E-state index < -0.39 is 10.0 Å². The second kappa shape index (κ2) is 11.3. The average Bonchev–Trinajstić information content (AvgIpc) is 2.79. The number of ether oxygens (including phenoxy) is 1. The maximum absolute atomic E-state index is 13.1. The van der Waals surface area contributed by atoms with Crippen molar-refractivity contribution in [1.82, 2.24) is 4.72 Å². The van der Waals surface area contributed by atoms with E-state index in [1.165, 1.54) is 19.2 Å². The molecule has 1 aliphatic carbocycles. The van der Waals surface area contributed by atoms with Crippen LogP contribution in [0.4, 0.5) is 0 Å². The molecule has 0 spiro atoms. The highest BCUT2D eigenvalue weighted by molar-refractivity contribution is 7.89. The number of sulfonamides is 1. The van der Waals surface area contributed by atoms with Crippen LogP contribution in [0.2, 0.25) is 5.02 Å². The number of hydrogen-bond donors (Lipinski definition) is 1. The molecule has 32 heavy (non-hydrogen) atoms. The van der Waals surface area contributed by atoms with Gasteiger partial charge in [0.1, 0.15) is 0 Å². The first-order valence-electron chi connectivity index (χ1n) is 11.2. The number of aryl methyl sites for hydroxylation is 1. The van der Waals surface area contributed by atoms with Gasteiger partial charge in [0, 0.05) is 17.5 Å². The molecule has 1 N–H and O–H groups in total. The average molecular weight is 478 g/mol. The van der Waals surface area contributed by atoms with E-state index in [9.17, 15) is 13.2 Å². The van der Waals surface area contributed by atoms with E-state index in [4.69, 9.17) is 16.3 Å². The number of methoxy groups -OCH3 is 1. The molecule has 1 saturated carbocycles. The van der Waals surface area contributed by atoms with E-state index in [0.29, 0.717) is 17.4 Å². The number of hydrogen-bond acceptors (Lipinski definition) is 4. The largest absolute Gasteiger partial charge is 0.469 e. The maximum atomic E-state index is 13.1. The Kier molecular flexibility index (Phi) is 8.74. The molecule has 3 rings (SSSR count). The molecule has 5 nitrogen and oxygen atoms in total. The van der Waals surface area contributed by atoms with Crippen LogP contribution in [0.3, 0.4) is 0 Å². The van der Waals surface area contributed by atoms with Crippen LogP contribution in [0.15, 0.2) is 53.4 Å². The molecule has 0 radical (unpaired) electrons. The third-order valence-corrected chi connectivity index (χ3v) is 8.06. The summed E-state index contributed by atoms with van der Waals surface area (Å²) in [5.41, 5.74) is 2.09. The molecule has 0 heterocycles. The first-order valence-corrected chi connectivity index (χ1v) is 13.1. The lowest BCUT2D eigenvalue weighted by atomic mass is 9.77. The first kappa shape index (κ1) is 24.7. The van der Waals surface area contributed by atoms with Crippen LogP contribution in [0, 0.1) is 11.8 Å². The Morgan fingerprint density at radius 2 is 1.69 bits per heavy atom. The second-order valence-electron chi connectivity index (χ2n) is 8.74. The Hall–Kier alpha value is -1.89. The van der Waals surface area contributed by atoms with Gasteiger partial charge in [-0.1, -0.05) is 55.6 Å². The zero-order valence-corrected chi connectivity index (χ0v) is 20.3. The minimum Gasteiger partial charge on any atom is -0.469 e. The molecule has 0 aromatic heterocycles. The third-order valence-electron chi connectivity index (χ3n) is 6.35. The molecule has 0 bridgehead atoms. The van der Waals surface area contributed by atoms with Crippen LogP contribution in [-0.2, 0) is 26.0 Å². The summed E-state index contributed by atoms with van der Waals surface area (Å²) in [4.78, 5) is 11.5. The number of halogens is 1. The van der Waals surface area contributed by atoms with Crippen molar-refractivity contribution in [2.24, 2.45) is 11.8 Å². The van der Waals surface area contributed by atoms with Gasteiger partial charge in [0.05, 0.1) is 12.0 Å². The van der Waals surface area contributed by atoms with Gasteiger partial charge in [-0.3, -0.25) is 4.79 Å². The molecule has 1 aliphatic rings. The number of esters is 1. The molecule has 1 fully saturated rings. The highest BCUT2D eigenvalue weighted by Crippen LogP contribution is 2.37. The predicted molar refractivity (Wildman–Crippen MR) is 127 cm³/mol. The van der Waals surface area contributed by atoms with Crippen LogP contribution >= 0.6 is 11.6 Å².